The number of hydrogen-bond acceptors (Lipinski definition) is 3. The van der Waals surface area contributed by atoms with Gasteiger partial charge in [-0.25, -0.2) is 4.79 Å². The van der Waals surface area contributed by atoms with E-state index in [4.69, 9.17) is 5.11 Å². The fraction of sp³-hybridized carbons (Fsp3) is 0.0909. The van der Waals surface area contributed by atoms with Gasteiger partial charge in [-0.3, -0.25) is 4.98 Å². The highest BCUT2D eigenvalue weighted by atomic mass is 16.4. The molecule has 2 rings (SSSR count). The quantitative estimate of drug-likeness (QED) is 0.781. The number of aromatic carboxylic acids is 1. The van der Waals surface area contributed by atoms with Crippen molar-refractivity contribution in [2.75, 3.05) is 12.4 Å². The number of nitrogens with zero attached hydrogens (tertiary/aromatic N) is 1. The third-order valence-electron chi connectivity index (χ3n) is 2.26. The minimum atomic E-state index is -0.974. The molecule has 1 aromatic heterocycles. The van der Waals surface area contributed by atoms with Crippen molar-refractivity contribution in [3.63, 3.8) is 0 Å². The number of para-hydroxylation sites is 1. The predicted octanol–water partition coefficient (Wildman–Crippen LogP) is 1.97. The van der Waals surface area contributed by atoms with E-state index in [0.29, 0.717) is 5.69 Å². The lowest BCUT2D eigenvalue weighted by molar-refractivity contribution is 0.0697. The zero-order valence-electron chi connectivity index (χ0n) is 8.19. The van der Waals surface area contributed by atoms with Gasteiger partial charge < -0.3 is 10.4 Å². The first-order valence-corrected chi connectivity index (χ1v) is 4.53. The number of rotatable bonds is 2. The highest BCUT2D eigenvalue weighted by Crippen LogP contribution is 2.24. The number of pyridine rings is 1. The van der Waals surface area contributed by atoms with Gasteiger partial charge >= 0.3 is 5.97 Å². The van der Waals surface area contributed by atoms with Gasteiger partial charge in [0.25, 0.3) is 0 Å². The maximum Gasteiger partial charge on any atom is 0.339 e. The number of fused-ring (bicyclic) bond motifs is 1. The van der Waals surface area contributed by atoms with Crippen LogP contribution in [-0.2, 0) is 0 Å². The number of aromatic nitrogens is 1. The Kier molecular flexibility index (Phi) is 2.25. The lowest BCUT2D eigenvalue weighted by Crippen LogP contribution is -2.04. The molecule has 0 amide bonds. The lowest BCUT2D eigenvalue weighted by Gasteiger charge is -2.08. The summed E-state index contributed by atoms with van der Waals surface area (Å²) < 4.78 is 0. The third-order valence-corrected chi connectivity index (χ3v) is 2.26. The monoisotopic (exact) mass is 202 g/mol. The average molecular weight is 202 g/mol. The Labute approximate surface area is 86.6 Å². The summed E-state index contributed by atoms with van der Waals surface area (Å²) in [5.74, 6) is -0.974. The molecule has 0 aliphatic rings. The van der Waals surface area contributed by atoms with Gasteiger partial charge in [0, 0.05) is 18.6 Å². The standard InChI is InChI=1S/C11H10N2O2/c1-12-10-7-4-2-3-5-9(7)13-6-8(10)11(14)15/h2-6H,1H3,(H,12,13)(H,14,15). The van der Waals surface area contributed by atoms with Crippen LogP contribution in [0.3, 0.4) is 0 Å². The van der Waals surface area contributed by atoms with Crippen molar-refractivity contribution in [3.05, 3.63) is 36.0 Å². The highest BCUT2D eigenvalue weighted by Gasteiger charge is 2.12. The van der Waals surface area contributed by atoms with E-state index in [1.165, 1.54) is 6.20 Å². The maximum absolute atomic E-state index is 10.9. The number of hydrogen-bond donors (Lipinski definition) is 2. The molecule has 0 aliphatic heterocycles. The molecule has 4 nitrogen and oxygen atoms in total. The number of nitrogens with one attached hydrogen (secondary N) is 1. The van der Waals surface area contributed by atoms with Crippen molar-refractivity contribution >= 4 is 22.6 Å². The molecule has 0 saturated heterocycles. The molecule has 0 saturated carbocycles. The first-order valence-electron chi connectivity index (χ1n) is 4.53. The van der Waals surface area contributed by atoms with Crippen molar-refractivity contribution in [2.45, 2.75) is 0 Å². The molecule has 2 N–H and O–H groups in total. The zero-order chi connectivity index (χ0) is 10.8. The van der Waals surface area contributed by atoms with Crippen LogP contribution in [0.5, 0.6) is 0 Å². The average Bonchev–Trinajstić information content (AvgIpc) is 2.27. The molecule has 15 heavy (non-hydrogen) atoms. The molecule has 0 radical (unpaired) electrons. The molecule has 0 unspecified atom stereocenters. The van der Waals surface area contributed by atoms with Gasteiger partial charge in [0.2, 0.25) is 0 Å². The molecule has 76 valence electrons. The maximum atomic E-state index is 10.9. The van der Waals surface area contributed by atoms with Gasteiger partial charge in [-0.05, 0) is 6.07 Å². The molecule has 0 fully saturated rings. The first kappa shape index (κ1) is 9.45. The summed E-state index contributed by atoms with van der Waals surface area (Å²) in [5.41, 5.74) is 1.58. The molecule has 2 aromatic rings. The van der Waals surface area contributed by atoms with Gasteiger partial charge in [0.1, 0.15) is 5.56 Å². The zero-order valence-corrected chi connectivity index (χ0v) is 8.19. The van der Waals surface area contributed by atoms with E-state index in [-0.39, 0.29) is 5.56 Å². The van der Waals surface area contributed by atoms with Crippen molar-refractivity contribution < 1.29 is 9.90 Å². The van der Waals surface area contributed by atoms with Crippen LogP contribution in [0.25, 0.3) is 10.9 Å². The van der Waals surface area contributed by atoms with Crippen molar-refractivity contribution in [3.8, 4) is 0 Å². The molecule has 1 aromatic carbocycles. The van der Waals surface area contributed by atoms with Crippen LogP contribution in [0.4, 0.5) is 5.69 Å². The highest BCUT2D eigenvalue weighted by molar-refractivity contribution is 6.04. The summed E-state index contributed by atoms with van der Waals surface area (Å²) in [7, 11) is 1.70. The smallest absolute Gasteiger partial charge is 0.339 e. The Hall–Kier alpha value is -2.10. The van der Waals surface area contributed by atoms with Gasteiger partial charge in [0.05, 0.1) is 11.2 Å². The van der Waals surface area contributed by atoms with E-state index in [0.717, 1.165) is 10.9 Å². The molecule has 1 heterocycles. The topological polar surface area (TPSA) is 62.2 Å². The molecule has 0 bridgehead atoms. The van der Waals surface area contributed by atoms with Crippen LogP contribution in [0.15, 0.2) is 30.5 Å². The number of benzene rings is 1. The second-order valence-electron chi connectivity index (χ2n) is 3.12. The summed E-state index contributed by atoms with van der Waals surface area (Å²) in [4.78, 5) is 15.0. The molecule has 4 heteroatoms. The summed E-state index contributed by atoms with van der Waals surface area (Å²) in [6, 6.07) is 7.42. The van der Waals surface area contributed by atoms with Gasteiger partial charge in [0.15, 0.2) is 0 Å². The first-order chi connectivity index (χ1) is 7.24. The van der Waals surface area contributed by atoms with Crippen LogP contribution in [0, 0.1) is 0 Å². The van der Waals surface area contributed by atoms with E-state index in [2.05, 4.69) is 10.3 Å². The number of carboxylic acids is 1. The van der Waals surface area contributed by atoms with Crippen LogP contribution < -0.4 is 5.32 Å². The number of carboxylic acid groups (broad SMARTS) is 1. The van der Waals surface area contributed by atoms with Crippen LogP contribution in [-0.4, -0.2) is 23.1 Å². The molecule has 0 aliphatic carbocycles. The van der Waals surface area contributed by atoms with Crippen molar-refractivity contribution in [1.29, 1.82) is 0 Å². The van der Waals surface area contributed by atoms with E-state index < -0.39 is 5.97 Å². The fourth-order valence-corrected chi connectivity index (χ4v) is 1.57. The van der Waals surface area contributed by atoms with Crippen LogP contribution in [0.2, 0.25) is 0 Å². The van der Waals surface area contributed by atoms with E-state index in [1.54, 1.807) is 7.05 Å². The summed E-state index contributed by atoms with van der Waals surface area (Å²) >= 11 is 0. The Balaban J connectivity index is 2.81. The van der Waals surface area contributed by atoms with Gasteiger partial charge in [-0.1, -0.05) is 18.2 Å². The Morgan fingerprint density at radius 2 is 2.13 bits per heavy atom. The largest absolute Gasteiger partial charge is 0.478 e. The SMILES string of the molecule is CNc1c(C(=O)O)cnc2ccccc12. The fourth-order valence-electron chi connectivity index (χ4n) is 1.57. The van der Waals surface area contributed by atoms with Crippen LogP contribution in [0.1, 0.15) is 10.4 Å². The normalized spacial score (nSPS) is 10.2. The third kappa shape index (κ3) is 1.50. The Bertz CT molecular complexity index is 523. The minimum Gasteiger partial charge on any atom is -0.478 e. The van der Waals surface area contributed by atoms with Gasteiger partial charge in [-0.2, -0.15) is 0 Å². The number of carbonyl (C=O) groups is 1. The van der Waals surface area contributed by atoms with Crippen molar-refractivity contribution in [2.24, 2.45) is 0 Å². The second kappa shape index (κ2) is 3.57. The lowest BCUT2D eigenvalue weighted by atomic mass is 10.1. The Morgan fingerprint density at radius 1 is 1.40 bits per heavy atom. The summed E-state index contributed by atoms with van der Waals surface area (Å²) in [6.07, 6.45) is 1.37. The molecule has 0 atom stereocenters. The van der Waals surface area contributed by atoms with E-state index in [9.17, 15) is 4.79 Å². The van der Waals surface area contributed by atoms with E-state index >= 15 is 0 Å². The molecular weight excluding hydrogens is 192 g/mol. The minimum absolute atomic E-state index is 0.191. The van der Waals surface area contributed by atoms with E-state index in [1.807, 2.05) is 24.3 Å². The molecule has 0 spiro atoms. The second-order valence-corrected chi connectivity index (χ2v) is 3.12. The van der Waals surface area contributed by atoms with Crippen molar-refractivity contribution in [1.82, 2.24) is 4.98 Å². The molecular formula is C11H10N2O2. The Morgan fingerprint density at radius 3 is 2.80 bits per heavy atom. The predicted molar refractivity (Wildman–Crippen MR) is 58.2 cm³/mol. The van der Waals surface area contributed by atoms with Gasteiger partial charge in [-0.15, -0.1) is 0 Å². The summed E-state index contributed by atoms with van der Waals surface area (Å²) in [6.45, 7) is 0. The number of anilines is 1. The van der Waals surface area contributed by atoms with Crippen LogP contribution >= 0.6 is 0 Å². The summed E-state index contributed by atoms with van der Waals surface area (Å²) in [5, 5.41) is 12.7.